The van der Waals surface area contributed by atoms with Crippen LogP contribution in [0.15, 0.2) is 79.1 Å². The number of aromatic nitrogens is 2. The molecule has 0 saturated heterocycles. The fourth-order valence-electron chi connectivity index (χ4n) is 3.15. The summed E-state index contributed by atoms with van der Waals surface area (Å²) in [6, 6.07) is 18.8. The molecular weight excluding hydrogens is 432 g/mol. The van der Waals surface area contributed by atoms with E-state index < -0.39 is 0 Å². The van der Waals surface area contributed by atoms with Crippen LogP contribution in [0.4, 0.5) is 5.13 Å². The van der Waals surface area contributed by atoms with Gasteiger partial charge in [-0.05, 0) is 42.5 Å². The number of nitrogens with one attached hydrogen (secondary N) is 1. The highest BCUT2D eigenvalue weighted by Crippen LogP contribution is 2.33. The first-order valence-electron chi connectivity index (χ1n) is 9.48. The molecule has 1 aliphatic heterocycles. The van der Waals surface area contributed by atoms with Crippen molar-refractivity contribution in [1.29, 1.82) is 0 Å². The van der Waals surface area contributed by atoms with Crippen LogP contribution < -0.4 is 19.9 Å². The summed E-state index contributed by atoms with van der Waals surface area (Å²) in [4.78, 5) is 10.1. The molecule has 0 atom stereocenters. The zero-order valence-corrected chi connectivity index (χ0v) is 18.0. The van der Waals surface area contributed by atoms with Crippen LogP contribution in [0.3, 0.4) is 0 Å². The number of thiazole rings is 1. The highest BCUT2D eigenvalue weighted by Gasteiger charge is 2.16. The van der Waals surface area contributed by atoms with Crippen molar-refractivity contribution in [3.63, 3.8) is 0 Å². The number of methoxy groups -OCH3 is 1. The van der Waals surface area contributed by atoms with E-state index in [2.05, 4.69) is 10.4 Å². The van der Waals surface area contributed by atoms with Crippen LogP contribution in [-0.2, 0) is 0 Å². The monoisotopic (exact) mass is 448 g/mol. The number of pyridine rings is 1. The van der Waals surface area contributed by atoms with Gasteiger partial charge in [0.15, 0.2) is 0 Å². The Kier molecular flexibility index (Phi) is 5.19. The van der Waals surface area contributed by atoms with E-state index >= 15 is 0 Å². The Morgan fingerprint density at radius 3 is 2.68 bits per heavy atom. The minimum Gasteiger partial charge on any atom is -0.496 e. The number of benzene rings is 2. The molecule has 154 valence electrons. The number of hydrazine groups is 1. The fraction of sp³-hybridized carbons (Fsp3) is 0.0435. The lowest BCUT2D eigenvalue weighted by Crippen LogP contribution is -2.30. The molecule has 1 N–H and O–H groups in total. The van der Waals surface area contributed by atoms with Gasteiger partial charge in [-0.2, -0.15) is 0 Å². The first kappa shape index (κ1) is 19.4. The van der Waals surface area contributed by atoms with Gasteiger partial charge in [-0.15, -0.1) is 0 Å². The second-order valence-corrected chi connectivity index (χ2v) is 8.04. The summed E-state index contributed by atoms with van der Waals surface area (Å²) in [6.07, 6.45) is 5.86. The van der Waals surface area contributed by atoms with E-state index in [1.54, 1.807) is 37.4 Å². The number of rotatable bonds is 5. The van der Waals surface area contributed by atoms with Crippen LogP contribution in [0.2, 0.25) is 5.02 Å². The van der Waals surface area contributed by atoms with Gasteiger partial charge in [0.25, 0.3) is 0 Å². The summed E-state index contributed by atoms with van der Waals surface area (Å²) in [6.45, 7) is 0. The summed E-state index contributed by atoms with van der Waals surface area (Å²) in [5, 5.41) is 3.29. The van der Waals surface area contributed by atoms with E-state index in [9.17, 15) is 0 Å². The van der Waals surface area contributed by atoms with Gasteiger partial charge in [-0.1, -0.05) is 41.1 Å². The minimum absolute atomic E-state index is 0.502. The average Bonchev–Trinajstić information content (AvgIpc) is 3.24. The topological polar surface area (TPSA) is 59.5 Å². The van der Waals surface area contributed by atoms with E-state index in [1.165, 1.54) is 11.3 Å². The van der Waals surface area contributed by atoms with E-state index in [4.69, 9.17) is 26.1 Å². The highest BCUT2D eigenvalue weighted by molar-refractivity contribution is 7.21. The maximum Gasteiger partial charge on any atom is 0.220 e. The smallest absolute Gasteiger partial charge is 0.220 e. The molecule has 0 amide bonds. The molecule has 0 unspecified atom stereocenters. The maximum absolute atomic E-state index is 5.93. The number of anilines is 1. The van der Waals surface area contributed by atoms with Crippen molar-refractivity contribution in [3.8, 4) is 17.4 Å². The molecule has 2 aromatic carbocycles. The lowest BCUT2D eigenvalue weighted by Gasteiger charge is -2.22. The normalized spacial score (nSPS) is 13.1. The number of hydrogen-bond acceptors (Lipinski definition) is 7. The Bertz CT molecular complexity index is 1300. The van der Waals surface area contributed by atoms with Crippen molar-refractivity contribution in [1.82, 2.24) is 15.4 Å². The first-order chi connectivity index (χ1) is 15.2. The molecule has 4 aromatic rings. The van der Waals surface area contributed by atoms with Crippen molar-refractivity contribution in [2.45, 2.75) is 0 Å². The third-order valence-electron chi connectivity index (χ3n) is 4.62. The quantitative estimate of drug-likeness (QED) is 0.402. The number of allylic oxidation sites excluding steroid dienone is 2. The van der Waals surface area contributed by atoms with E-state index in [0.29, 0.717) is 16.7 Å². The summed E-state index contributed by atoms with van der Waals surface area (Å²) < 4.78 is 11.3. The van der Waals surface area contributed by atoms with Gasteiger partial charge in [0.2, 0.25) is 11.0 Å². The molecule has 3 heterocycles. The Balaban J connectivity index is 1.43. The Labute approximate surface area is 188 Å². The van der Waals surface area contributed by atoms with E-state index in [0.717, 1.165) is 32.4 Å². The molecule has 5 rings (SSSR count). The third kappa shape index (κ3) is 4.05. The predicted molar refractivity (Wildman–Crippen MR) is 125 cm³/mol. The van der Waals surface area contributed by atoms with Gasteiger partial charge in [-0.25, -0.2) is 15.0 Å². The van der Waals surface area contributed by atoms with Crippen molar-refractivity contribution < 1.29 is 9.47 Å². The molecule has 8 heteroatoms. The zero-order valence-electron chi connectivity index (χ0n) is 16.4. The van der Waals surface area contributed by atoms with Crippen molar-refractivity contribution in [3.05, 3.63) is 89.7 Å². The molecule has 2 aromatic heterocycles. The summed E-state index contributed by atoms with van der Waals surface area (Å²) in [7, 11) is 1.67. The van der Waals surface area contributed by atoms with Crippen LogP contribution in [0.1, 0.15) is 5.56 Å². The van der Waals surface area contributed by atoms with Gasteiger partial charge in [0, 0.05) is 34.6 Å². The molecule has 0 saturated carbocycles. The van der Waals surface area contributed by atoms with E-state index in [1.807, 2.05) is 53.8 Å². The van der Waals surface area contributed by atoms with Gasteiger partial charge in [0.05, 0.1) is 7.11 Å². The Morgan fingerprint density at radius 2 is 1.84 bits per heavy atom. The molecule has 0 aliphatic carbocycles. The SMILES string of the molecule is COc1ccccc1C1=CN(c2nc3ccc(Oc4ccc(Cl)cc4)nc3s2)NC=C1. The number of halogens is 1. The zero-order chi connectivity index (χ0) is 21.2. The Hall–Kier alpha value is -3.55. The number of nitrogens with zero attached hydrogens (tertiary/aromatic N) is 3. The van der Waals surface area contributed by atoms with Crippen LogP contribution in [0.25, 0.3) is 15.9 Å². The largest absolute Gasteiger partial charge is 0.496 e. The maximum atomic E-state index is 5.93. The van der Waals surface area contributed by atoms with Crippen molar-refractivity contribution in [2.24, 2.45) is 0 Å². The molecular formula is C23H17ClN4O2S. The molecule has 0 radical (unpaired) electrons. The van der Waals surface area contributed by atoms with Gasteiger partial charge in [0.1, 0.15) is 21.8 Å². The average molecular weight is 449 g/mol. The molecule has 6 nitrogen and oxygen atoms in total. The third-order valence-corrected chi connectivity index (χ3v) is 5.84. The lowest BCUT2D eigenvalue weighted by atomic mass is 10.1. The second kappa shape index (κ2) is 8.29. The number of para-hydroxylation sites is 1. The number of fused-ring (bicyclic) bond motifs is 1. The van der Waals surface area contributed by atoms with Crippen molar-refractivity contribution in [2.75, 3.05) is 12.1 Å². The second-order valence-electron chi connectivity index (χ2n) is 6.64. The molecule has 0 spiro atoms. The molecule has 0 bridgehead atoms. The Morgan fingerprint density at radius 1 is 1.00 bits per heavy atom. The lowest BCUT2D eigenvalue weighted by molar-refractivity contribution is 0.413. The number of hydrogen-bond donors (Lipinski definition) is 1. The summed E-state index contributed by atoms with van der Waals surface area (Å²) >= 11 is 7.40. The van der Waals surface area contributed by atoms with Crippen LogP contribution in [0, 0.1) is 0 Å². The van der Waals surface area contributed by atoms with Crippen LogP contribution >= 0.6 is 22.9 Å². The molecule has 1 aliphatic rings. The summed E-state index contributed by atoms with van der Waals surface area (Å²) in [5.41, 5.74) is 6.02. The summed E-state index contributed by atoms with van der Waals surface area (Å²) in [5.74, 6) is 1.99. The predicted octanol–water partition coefficient (Wildman–Crippen LogP) is 6.03. The molecule has 31 heavy (non-hydrogen) atoms. The van der Waals surface area contributed by atoms with Crippen molar-refractivity contribution >= 4 is 44.0 Å². The highest BCUT2D eigenvalue weighted by atomic mass is 35.5. The standard InChI is InChI=1S/C23H17ClN4O2S/c1-29-20-5-3-2-4-18(20)15-12-13-25-28(14-15)23-26-19-10-11-21(27-22(19)31-23)30-17-8-6-16(24)7-9-17/h2-14,25H,1H3. The van der Waals surface area contributed by atoms with Gasteiger partial charge in [-0.3, -0.25) is 5.43 Å². The first-order valence-corrected chi connectivity index (χ1v) is 10.7. The van der Waals surface area contributed by atoms with Crippen LogP contribution in [-0.4, -0.2) is 17.1 Å². The number of ether oxygens (including phenoxy) is 2. The molecule has 0 fully saturated rings. The fourth-order valence-corrected chi connectivity index (χ4v) is 4.15. The minimum atomic E-state index is 0.502. The van der Waals surface area contributed by atoms with Crippen LogP contribution in [0.5, 0.6) is 17.4 Å². The van der Waals surface area contributed by atoms with Gasteiger partial charge < -0.3 is 9.47 Å². The van der Waals surface area contributed by atoms with Gasteiger partial charge >= 0.3 is 0 Å². The van der Waals surface area contributed by atoms with E-state index in [-0.39, 0.29) is 0 Å².